The maximum atomic E-state index is 9.45. The summed E-state index contributed by atoms with van der Waals surface area (Å²) in [5.74, 6) is 1.22. The third kappa shape index (κ3) is 7.06. The molecule has 0 saturated heterocycles. The summed E-state index contributed by atoms with van der Waals surface area (Å²) in [5, 5.41) is 0. The molecule has 0 aliphatic rings. The Hall–Kier alpha value is -0.920. The lowest BCUT2D eigenvalue weighted by atomic mass is 10.6. The van der Waals surface area contributed by atoms with Crippen molar-refractivity contribution in [2.75, 3.05) is 6.61 Å². The minimum atomic E-state index is -4.42. The smallest absolute Gasteiger partial charge is 0.250 e. The molecular formula is C8H16N2O4S. The molecule has 0 saturated carbocycles. The third-order valence-electron chi connectivity index (χ3n) is 1.58. The van der Waals surface area contributed by atoms with Crippen LogP contribution in [0.1, 0.15) is 19.7 Å². The quantitative estimate of drug-likeness (QED) is 0.458. The highest BCUT2D eigenvalue weighted by Crippen LogP contribution is 1.81. The molecule has 0 fully saturated rings. The Morgan fingerprint density at radius 3 is 2.27 bits per heavy atom. The Kier molecular flexibility index (Phi) is 6.14. The second-order valence-corrected chi connectivity index (χ2v) is 3.70. The Bertz CT molecular complexity index is 372. The molecule has 0 aliphatic carbocycles. The predicted octanol–water partition coefficient (Wildman–Crippen LogP) is 0.114. The average molecular weight is 236 g/mol. The van der Waals surface area contributed by atoms with E-state index in [4.69, 9.17) is 0 Å². The van der Waals surface area contributed by atoms with Crippen LogP contribution in [-0.2, 0) is 21.1 Å². The first-order chi connectivity index (χ1) is 6.90. The highest BCUT2D eigenvalue weighted by Gasteiger charge is 1.97. The zero-order valence-corrected chi connectivity index (χ0v) is 9.87. The second kappa shape index (κ2) is 6.54. The average Bonchev–Trinajstić information content (AvgIpc) is 2.49. The first kappa shape index (κ1) is 14.1. The summed E-state index contributed by atoms with van der Waals surface area (Å²) >= 11 is 0. The number of rotatable bonds is 3. The summed E-state index contributed by atoms with van der Waals surface area (Å²) < 4.78 is 34.2. The van der Waals surface area contributed by atoms with Gasteiger partial charge in [-0.15, -0.1) is 0 Å². The molecule has 0 amide bonds. The van der Waals surface area contributed by atoms with E-state index in [0.29, 0.717) is 0 Å². The number of nitrogens with zero attached hydrogens (tertiary/aromatic N) is 1. The summed E-state index contributed by atoms with van der Waals surface area (Å²) in [6, 6.07) is 0. The van der Waals surface area contributed by atoms with E-state index in [1.807, 2.05) is 12.4 Å². The molecule has 0 spiro atoms. The first-order valence-corrected chi connectivity index (χ1v) is 5.87. The van der Waals surface area contributed by atoms with Gasteiger partial charge in [-0.05, 0) is 13.8 Å². The van der Waals surface area contributed by atoms with E-state index in [9.17, 15) is 13.0 Å². The van der Waals surface area contributed by atoms with Gasteiger partial charge in [0.25, 0.3) is 5.82 Å². The van der Waals surface area contributed by atoms with Gasteiger partial charge in [0.15, 0.2) is 0 Å². The van der Waals surface area contributed by atoms with Gasteiger partial charge in [0, 0.05) is 6.92 Å². The molecule has 0 radical (unpaired) electrons. The lowest BCUT2D eigenvalue weighted by molar-refractivity contribution is -0.698. The topological polar surface area (TPSA) is 86.1 Å². The fourth-order valence-electron chi connectivity index (χ4n) is 0.929. The van der Waals surface area contributed by atoms with Crippen molar-refractivity contribution in [1.82, 2.24) is 4.98 Å². The molecule has 7 heteroatoms. The molecule has 1 aromatic heterocycles. The van der Waals surface area contributed by atoms with Crippen LogP contribution in [0.3, 0.4) is 0 Å². The molecule has 15 heavy (non-hydrogen) atoms. The van der Waals surface area contributed by atoms with Crippen LogP contribution >= 0.6 is 0 Å². The van der Waals surface area contributed by atoms with Crippen molar-refractivity contribution in [1.29, 1.82) is 0 Å². The molecule has 1 heterocycles. The number of aryl methyl sites for hydroxylation is 2. The van der Waals surface area contributed by atoms with E-state index < -0.39 is 10.4 Å². The zero-order valence-electron chi connectivity index (χ0n) is 9.06. The van der Waals surface area contributed by atoms with Crippen LogP contribution in [0, 0.1) is 6.92 Å². The van der Waals surface area contributed by atoms with E-state index in [1.54, 1.807) is 0 Å². The molecule has 0 atom stereocenters. The van der Waals surface area contributed by atoms with E-state index in [0.717, 1.165) is 6.54 Å². The summed E-state index contributed by atoms with van der Waals surface area (Å²) in [7, 11) is -4.42. The lowest BCUT2D eigenvalue weighted by Gasteiger charge is -2.02. The van der Waals surface area contributed by atoms with Crippen LogP contribution in [0.4, 0.5) is 0 Å². The molecule has 6 nitrogen and oxygen atoms in total. The molecule has 1 rings (SSSR count). The van der Waals surface area contributed by atoms with E-state index >= 15 is 0 Å². The number of nitrogens with one attached hydrogen (secondary N) is 1. The van der Waals surface area contributed by atoms with Crippen LogP contribution in [0.5, 0.6) is 0 Å². The van der Waals surface area contributed by atoms with Gasteiger partial charge < -0.3 is 4.55 Å². The SMILES string of the molecule is CCOS(=O)(=O)[O-].CC[n+]1cc[nH]c1C. The maximum Gasteiger partial charge on any atom is 0.250 e. The van der Waals surface area contributed by atoms with Crippen molar-refractivity contribution in [3.63, 3.8) is 0 Å². The van der Waals surface area contributed by atoms with E-state index in [-0.39, 0.29) is 6.61 Å². The number of H-pyrrole nitrogens is 1. The zero-order chi connectivity index (χ0) is 11.9. The van der Waals surface area contributed by atoms with Gasteiger partial charge in [0.1, 0.15) is 12.4 Å². The maximum absolute atomic E-state index is 9.45. The van der Waals surface area contributed by atoms with Gasteiger partial charge in [-0.3, -0.25) is 4.18 Å². The van der Waals surface area contributed by atoms with Crippen molar-refractivity contribution in [2.45, 2.75) is 27.3 Å². The summed E-state index contributed by atoms with van der Waals surface area (Å²) in [6.07, 6.45) is 3.98. The third-order valence-corrected chi connectivity index (χ3v) is 2.10. The molecule has 0 bridgehead atoms. The van der Waals surface area contributed by atoms with E-state index in [2.05, 4.69) is 27.6 Å². The Morgan fingerprint density at radius 2 is 2.13 bits per heavy atom. The molecular weight excluding hydrogens is 220 g/mol. The fraction of sp³-hybridized carbons (Fsp3) is 0.625. The first-order valence-electron chi connectivity index (χ1n) is 4.54. The highest BCUT2D eigenvalue weighted by molar-refractivity contribution is 7.80. The molecule has 0 aromatic carbocycles. The van der Waals surface area contributed by atoms with Gasteiger partial charge in [-0.2, -0.15) is 0 Å². The minimum absolute atomic E-state index is 0.0914. The van der Waals surface area contributed by atoms with Gasteiger partial charge in [-0.25, -0.2) is 18.0 Å². The fourth-order valence-corrected chi connectivity index (χ4v) is 1.22. The van der Waals surface area contributed by atoms with Gasteiger partial charge >= 0.3 is 0 Å². The molecule has 1 N–H and O–H groups in total. The number of hydrogen-bond donors (Lipinski definition) is 1. The second-order valence-electron chi connectivity index (χ2n) is 2.65. The van der Waals surface area contributed by atoms with Crippen molar-refractivity contribution in [3.05, 3.63) is 18.2 Å². The molecule has 0 unspecified atom stereocenters. The number of aromatic amines is 1. The molecule has 88 valence electrons. The number of aromatic nitrogens is 2. The summed E-state index contributed by atoms with van der Waals surface area (Å²) in [6.45, 7) is 6.57. The largest absolute Gasteiger partial charge is 0.726 e. The monoisotopic (exact) mass is 236 g/mol. The Balaban J connectivity index is 0.000000265. The van der Waals surface area contributed by atoms with E-state index in [1.165, 1.54) is 12.7 Å². The van der Waals surface area contributed by atoms with Crippen LogP contribution in [0.25, 0.3) is 0 Å². The van der Waals surface area contributed by atoms with Crippen LogP contribution < -0.4 is 4.57 Å². The van der Waals surface area contributed by atoms with Gasteiger partial charge in [-0.1, -0.05) is 0 Å². The van der Waals surface area contributed by atoms with Gasteiger partial charge in [0.05, 0.1) is 13.2 Å². The minimum Gasteiger partial charge on any atom is -0.726 e. The van der Waals surface area contributed by atoms with Crippen LogP contribution in [-0.4, -0.2) is 24.6 Å². The summed E-state index contributed by atoms with van der Waals surface area (Å²) in [4.78, 5) is 3.08. The highest BCUT2D eigenvalue weighted by atomic mass is 32.3. The van der Waals surface area contributed by atoms with Gasteiger partial charge in [0.2, 0.25) is 10.4 Å². The standard InChI is InChI=1S/C6H10N2.C2H6O4S/c1-3-8-5-4-7-6(8)2;1-2-6-7(3,4)5/h4-5H,3H2,1-2H3;2H2,1H3,(H,3,4,5). The molecule has 1 aromatic rings. The Labute approximate surface area is 89.9 Å². The number of hydrogen-bond acceptors (Lipinski definition) is 4. The van der Waals surface area contributed by atoms with Crippen molar-refractivity contribution < 1.29 is 21.7 Å². The Morgan fingerprint density at radius 1 is 1.53 bits per heavy atom. The van der Waals surface area contributed by atoms with Crippen LogP contribution in [0.15, 0.2) is 12.4 Å². The normalized spacial score (nSPS) is 10.7. The van der Waals surface area contributed by atoms with Crippen molar-refractivity contribution in [3.8, 4) is 0 Å². The number of imidazole rings is 1. The summed E-state index contributed by atoms with van der Waals surface area (Å²) in [5.41, 5.74) is 0. The van der Waals surface area contributed by atoms with Crippen molar-refractivity contribution in [2.24, 2.45) is 0 Å². The predicted molar refractivity (Wildman–Crippen MR) is 52.7 cm³/mol. The lowest BCUT2D eigenvalue weighted by Crippen LogP contribution is -2.32. The molecule has 0 aliphatic heterocycles. The van der Waals surface area contributed by atoms with Crippen LogP contribution in [0.2, 0.25) is 0 Å². The van der Waals surface area contributed by atoms with Crippen molar-refractivity contribution >= 4 is 10.4 Å².